The molecule has 2 fully saturated rings. The fourth-order valence-electron chi connectivity index (χ4n) is 2.76. The Hall–Kier alpha value is -0.0800. The molecule has 2 aliphatic rings. The average Bonchev–Trinajstić information content (AvgIpc) is 2.19. The van der Waals surface area contributed by atoms with Crippen LogP contribution in [-0.4, -0.2) is 35.2 Å². The Morgan fingerprint density at radius 2 is 1.58 bits per heavy atom. The zero-order valence-corrected chi connectivity index (χ0v) is 7.87. The predicted octanol–water partition coefficient (Wildman–Crippen LogP) is 1.38. The number of aliphatic hydroxyl groups excluding tert-OH is 1. The minimum atomic E-state index is -0.0192. The third-order valence-corrected chi connectivity index (χ3v) is 3.56. The summed E-state index contributed by atoms with van der Waals surface area (Å²) in [5.41, 5.74) is 0. The van der Waals surface area contributed by atoms with E-state index in [0.717, 1.165) is 12.8 Å². The molecule has 1 N–H and O–H groups in total. The van der Waals surface area contributed by atoms with E-state index >= 15 is 0 Å². The number of piperidine rings is 1. The van der Waals surface area contributed by atoms with Gasteiger partial charge in [0.05, 0.1) is 6.10 Å². The van der Waals surface area contributed by atoms with Gasteiger partial charge in [-0.15, -0.1) is 0 Å². The van der Waals surface area contributed by atoms with Crippen molar-refractivity contribution in [1.29, 1.82) is 0 Å². The number of hydrogen-bond acceptors (Lipinski definition) is 2. The maximum absolute atomic E-state index is 9.63. The molecule has 2 heteroatoms. The summed E-state index contributed by atoms with van der Waals surface area (Å²) in [4.78, 5) is 2.50. The van der Waals surface area contributed by atoms with Gasteiger partial charge in [0, 0.05) is 12.1 Å². The van der Waals surface area contributed by atoms with Crippen LogP contribution in [0.15, 0.2) is 0 Å². The lowest BCUT2D eigenvalue weighted by atomic mass is 9.93. The summed E-state index contributed by atoms with van der Waals surface area (Å²) in [6.45, 7) is 0. The van der Waals surface area contributed by atoms with Crippen molar-refractivity contribution in [1.82, 2.24) is 4.90 Å². The van der Waals surface area contributed by atoms with Gasteiger partial charge in [0.2, 0.25) is 0 Å². The van der Waals surface area contributed by atoms with Gasteiger partial charge in [0.25, 0.3) is 0 Å². The lowest BCUT2D eigenvalue weighted by Gasteiger charge is -2.40. The molecule has 0 aromatic rings. The summed E-state index contributed by atoms with van der Waals surface area (Å²) in [6.07, 6.45) is 7.30. The predicted molar refractivity (Wildman–Crippen MR) is 49.0 cm³/mol. The Labute approximate surface area is 74.6 Å². The number of aliphatic hydroxyl groups is 1. The minimum Gasteiger partial charge on any atom is -0.393 e. The van der Waals surface area contributed by atoms with Crippen LogP contribution in [0.1, 0.15) is 38.5 Å². The van der Waals surface area contributed by atoms with Crippen LogP contribution in [0.3, 0.4) is 0 Å². The fraction of sp³-hybridized carbons (Fsp3) is 1.00. The highest BCUT2D eigenvalue weighted by atomic mass is 16.3. The van der Waals surface area contributed by atoms with Crippen molar-refractivity contribution < 1.29 is 5.11 Å². The first kappa shape index (κ1) is 8.52. The Kier molecular flexibility index (Phi) is 2.37. The third-order valence-electron chi connectivity index (χ3n) is 3.56. The van der Waals surface area contributed by atoms with Crippen LogP contribution in [-0.2, 0) is 0 Å². The molecule has 0 spiro atoms. The summed E-state index contributed by atoms with van der Waals surface area (Å²) in [5.74, 6) is 0. The van der Waals surface area contributed by atoms with Crippen LogP contribution in [0.5, 0.6) is 0 Å². The van der Waals surface area contributed by atoms with Crippen molar-refractivity contribution in [3.05, 3.63) is 0 Å². The molecular formula is C10H19NO. The first-order chi connectivity index (χ1) is 5.77. The van der Waals surface area contributed by atoms with E-state index < -0.39 is 0 Å². The lowest BCUT2D eigenvalue weighted by molar-refractivity contribution is 0.0185. The van der Waals surface area contributed by atoms with E-state index in [1.54, 1.807) is 0 Å². The fourth-order valence-corrected chi connectivity index (χ4v) is 2.76. The first-order valence-corrected chi connectivity index (χ1v) is 5.17. The van der Waals surface area contributed by atoms with Gasteiger partial charge in [-0.2, -0.15) is 0 Å². The van der Waals surface area contributed by atoms with Gasteiger partial charge in [-0.05, 0) is 32.7 Å². The highest BCUT2D eigenvalue weighted by molar-refractivity contribution is 4.88. The van der Waals surface area contributed by atoms with Gasteiger partial charge >= 0.3 is 0 Å². The maximum atomic E-state index is 9.63. The Balaban J connectivity index is 2.08. The lowest BCUT2D eigenvalue weighted by Crippen LogP contribution is -2.47. The van der Waals surface area contributed by atoms with E-state index in [2.05, 4.69) is 11.9 Å². The van der Waals surface area contributed by atoms with Crippen molar-refractivity contribution in [2.45, 2.75) is 56.7 Å². The topological polar surface area (TPSA) is 23.5 Å². The molecule has 0 saturated carbocycles. The number of nitrogens with zero attached hydrogens (tertiary/aromatic N) is 1. The Morgan fingerprint density at radius 1 is 1.08 bits per heavy atom. The number of hydrogen-bond donors (Lipinski definition) is 1. The second kappa shape index (κ2) is 3.35. The highest BCUT2D eigenvalue weighted by Crippen LogP contribution is 2.31. The van der Waals surface area contributed by atoms with E-state index in [1.807, 2.05) is 0 Å². The number of rotatable bonds is 0. The molecule has 0 aromatic heterocycles. The molecule has 2 saturated heterocycles. The molecule has 0 aromatic carbocycles. The largest absolute Gasteiger partial charge is 0.393 e. The average molecular weight is 169 g/mol. The molecule has 0 radical (unpaired) electrons. The zero-order chi connectivity index (χ0) is 8.55. The molecule has 2 aliphatic heterocycles. The van der Waals surface area contributed by atoms with E-state index in [-0.39, 0.29) is 6.10 Å². The van der Waals surface area contributed by atoms with Gasteiger partial charge in [-0.3, -0.25) is 0 Å². The molecule has 3 atom stereocenters. The molecule has 2 bridgehead atoms. The van der Waals surface area contributed by atoms with Gasteiger partial charge in [-0.1, -0.05) is 12.8 Å². The van der Waals surface area contributed by atoms with Crippen LogP contribution < -0.4 is 0 Å². The molecule has 0 amide bonds. The highest BCUT2D eigenvalue weighted by Gasteiger charge is 2.33. The second-order valence-electron chi connectivity index (χ2n) is 4.38. The monoisotopic (exact) mass is 169 g/mol. The van der Waals surface area contributed by atoms with E-state index in [0.29, 0.717) is 12.1 Å². The standard InChI is InChI=1S/C10H19NO/c1-11-8-4-2-3-5-9(11)7-10(12)6-8/h8-10,12H,2-7H2,1H3/t8-,9+,10?. The normalized spacial score (nSPS) is 44.0. The van der Waals surface area contributed by atoms with Crippen LogP contribution in [0.2, 0.25) is 0 Å². The van der Waals surface area contributed by atoms with Crippen LogP contribution >= 0.6 is 0 Å². The van der Waals surface area contributed by atoms with Crippen molar-refractivity contribution in [3.8, 4) is 0 Å². The summed E-state index contributed by atoms with van der Waals surface area (Å²) >= 11 is 0. The van der Waals surface area contributed by atoms with Crippen molar-refractivity contribution in [3.63, 3.8) is 0 Å². The van der Waals surface area contributed by atoms with Crippen LogP contribution in [0.25, 0.3) is 0 Å². The smallest absolute Gasteiger partial charge is 0.0570 e. The van der Waals surface area contributed by atoms with E-state index in [9.17, 15) is 5.11 Å². The van der Waals surface area contributed by atoms with Crippen molar-refractivity contribution in [2.24, 2.45) is 0 Å². The maximum Gasteiger partial charge on any atom is 0.0570 e. The van der Waals surface area contributed by atoms with Gasteiger partial charge in [0.1, 0.15) is 0 Å². The van der Waals surface area contributed by atoms with Crippen molar-refractivity contribution in [2.75, 3.05) is 7.05 Å². The molecule has 70 valence electrons. The van der Waals surface area contributed by atoms with Gasteiger partial charge in [-0.25, -0.2) is 0 Å². The number of fused-ring (bicyclic) bond motifs is 2. The summed E-state index contributed by atoms with van der Waals surface area (Å²) in [7, 11) is 2.23. The minimum absolute atomic E-state index is 0.0192. The summed E-state index contributed by atoms with van der Waals surface area (Å²) in [5, 5.41) is 9.63. The molecular weight excluding hydrogens is 150 g/mol. The van der Waals surface area contributed by atoms with Gasteiger partial charge < -0.3 is 10.0 Å². The molecule has 12 heavy (non-hydrogen) atoms. The van der Waals surface area contributed by atoms with Crippen LogP contribution in [0.4, 0.5) is 0 Å². The van der Waals surface area contributed by atoms with E-state index in [4.69, 9.17) is 0 Å². The quantitative estimate of drug-likeness (QED) is 0.592. The first-order valence-electron chi connectivity index (χ1n) is 5.17. The molecule has 0 aliphatic carbocycles. The summed E-state index contributed by atoms with van der Waals surface area (Å²) in [6, 6.07) is 1.34. The Morgan fingerprint density at radius 3 is 2.08 bits per heavy atom. The third kappa shape index (κ3) is 1.50. The van der Waals surface area contributed by atoms with Gasteiger partial charge in [0.15, 0.2) is 0 Å². The van der Waals surface area contributed by atoms with Crippen molar-refractivity contribution >= 4 is 0 Å². The van der Waals surface area contributed by atoms with Crippen LogP contribution in [0, 0.1) is 0 Å². The molecule has 2 rings (SSSR count). The zero-order valence-electron chi connectivity index (χ0n) is 7.87. The van der Waals surface area contributed by atoms with E-state index in [1.165, 1.54) is 25.7 Å². The SMILES string of the molecule is CN1[C@@H]2CCCC[C@H]1CC(O)C2. The summed E-state index contributed by atoms with van der Waals surface area (Å²) < 4.78 is 0. The Bertz CT molecular complexity index is 144. The molecule has 2 heterocycles. The molecule has 2 nitrogen and oxygen atoms in total. The molecule has 1 unspecified atom stereocenters. The second-order valence-corrected chi connectivity index (χ2v) is 4.38.